The summed E-state index contributed by atoms with van der Waals surface area (Å²) in [5.41, 5.74) is -0.656. The number of rotatable bonds is 5. The van der Waals surface area contributed by atoms with E-state index in [0.29, 0.717) is 5.75 Å². The molecule has 1 unspecified atom stereocenters. The van der Waals surface area contributed by atoms with Crippen LogP contribution in [0.3, 0.4) is 0 Å². The molecule has 2 aromatic carbocycles. The fraction of sp³-hybridized carbons (Fsp3) is 0.182. The van der Waals surface area contributed by atoms with E-state index in [-0.39, 0.29) is 28.6 Å². The number of thioether (sulfide) groups is 1. The van der Waals surface area contributed by atoms with Gasteiger partial charge in [0.25, 0.3) is 5.56 Å². The number of nitrogens with zero attached hydrogens (tertiary/aromatic N) is 1. The molecule has 1 atom stereocenters. The van der Waals surface area contributed by atoms with Gasteiger partial charge in [0.2, 0.25) is 11.8 Å². The Bertz CT molecular complexity index is 1260. The summed E-state index contributed by atoms with van der Waals surface area (Å²) >= 11 is 1.25. The average molecular weight is 474 g/mol. The van der Waals surface area contributed by atoms with Crippen LogP contribution in [0, 0.1) is 0 Å². The number of carbonyl (C=O) groups is 2. The normalized spacial score (nSPS) is 15.5. The predicted molar refractivity (Wildman–Crippen MR) is 117 cm³/mol. The van der Waals surface area contributed by atoms with Crippen molar-refractivity contribution in [3.05, 3.63) is 81.6 Å². The van der Waals surface area contributed by atoms with Crippen molar-refractivity contribution in [3.63, 3.8) is 0 Å². The molecule has 3 aromatic rings. The van der Waals surface area contributed by atoms with Gasteiger partial charge in [0.15, 0.2) is 5.16 Å². The lowest BCUT2D eigenvalue weighted by molar-refractivity contribution is -0.137. The van der Waals surface area contributed by atoms with Crippen molar-refractivity contribution in [1.29, 1.82) is 0 Å². The number of nitrogens with one attached hydrogen (secondary N) is 3. The number of amides is 2. The highest BCUT2D eigenvalue weighted by Crippen LogP contribution is 2.33. The van der Waals surface area contributed by atoms with Crippen LogP contribution in [-0.2, 0) is 21.5 Å². The highest BCUT2D eigenvalue weighted by Gasteiger charge is 2.35. The molecule has 3 N–H and O–H groups in total. The average Bonchev–Trinajstić information content (AvgIpc) is 2.77. The highest BCUT2D eigenvalue weighted by atomic mass is 32.2. The van der Waals surface area contributed by atoms with Crippen LogP contribution < -0.4 is 16.2 Å². The molecule has 170 valence electrons. The standard InChI is InChI=1S/C22H17F3N4O3S/c23-22(24,25)13-7-4-8-14(9-13)26-19(31)15-10-16(30)27-18-17(15)20(32)29-21(28-18)33-11-12-5-2-1-3-6-12/h1-9,15H,10-11H2,(H,26,31)(H2,27,28,29,30,32). The molecule has 11 heteroatoms. The summed E-state index contributed by atoms with van der Waals surface area (Å²) in [5, 5.41) is 5.14. The molecule has 1 aliphatic heterocycles. The maximum atomic E-state index is 12.9. The summed E-state index contributed by atoms with van der Waals surface area (Å²) in [5.74, 6) is -2.01. The van der Waals surface area contributed by atoms with E-state index in [1.165, 1.54) is 17.8 Å². The molecule has 0 saturated carbocycles. The monoisotopic (exact) mass is 474 g/mol. The first-order valence-corrected chi connectivity index (χ1v) is 10.8. The van der Waals surface area contributed by atoms with Crippen molar-refractivity contribution in [3.8, 4) is 0 Å². The van der Waals surface area contributed by atoms with Gasteiger partial charge in [-0.2, -0.15) is 13.2 Å². The number of aromatic nitrogens is 2. The lowest BCUT2D eigenvalue weighted by Crippen LogP contribution is -2.36. The van der Waals surface area contributed by atoms with E-state index in [1.54, 1.807) is 0 Å². The summed E-state index contributed by atoms with van der Waals surface area (Å²) in [4.78, 5) is 44.7. The number of alkyl halides is 3. The van der Waals surface area contributed by atoms with E-state index in [1.807, 2.05) is 30.3 Å². The molecule has 0 aliphatic carbocycles. The highest BCUT2D eigenvalue weighted by molar-refractivity contribution is 7.98. The van der Waals surface area contributed by atoms with Crippen LogP contribution in [0.4, 0.5) is 24.7 Å². The Hall–Kier alpha value is -3.60. The van der Waals surface area contributed by atoms with Crippen LogP contribution in [0.2, 0.25) is 0 Å². The van der Waals surface area contributed by atoms with E-state index in [2.05, 4.69) is 20.6 Å². The Labute approximate surface area is 189 Å². The zero-order valence-corrected chi connectivity index (χ0v) is 17.7. The number of hydrogen-bond acceptors (Lipinski definition) is 5. The first-order chi connectivity index (χ1) is 15.7. The van der Waals surface area contributed by atoms with Gasteiger partial charge in [0, 0.05) is 17.9 Å². The summed E-state index contributed by atoms with van der Waals surface area (Å²) in [7, 11) is 0. The predicted octanol–water partition coefficient (Wildman–Crippen LogP) is 4.15. The SMILES string of the molecule is O=C1CC(C(=O)Nc2cccc(C(F)(F)F)c2)c2c(nc(SCc3ccccc3)[nH]c2=O)N1. The Morgan fingerprint density at radius 1 is 1.12 bits per heavy atom. The third kappa shape index (κ3) is 5.25. The van der Waals surface area contributed by atoms with Gasteiger partial charge in [-0.25, -0.2) is 4.98 Å². The number of anilines is 2. The molecule has 1 aromatic heterocycles. The van der Waals surface area contributed by atoms with Gasteiger partial charge in [-0.1, -0.05) is 48.2 Å². The van der Waals surface area contributed by atoms with E-state index in [9.17, 15) is 27.6 Å². The van der Waals surface area contributed by atoms with Gasteiger partial charge < -0.3 is 15.6 Å². The molecule has 4 rings (SSSR count). The van der Waals surface area contributed by atoms with Gasteiger partial charge >= 0.3 is 6.18 Å². The number of fused-ring (bicyclic) bond motifs is 1. The molecule has 0 spiro atoms. The van der Waals surface area contributed by atoms with Gasteiger partial charge in [0.05, 0.1) is 17.0 Å². The van der Waals surface area contributed by atoms with Gasteiger partial charge in [-0.15, -0.1) is 0 Å². The molecular formula is C22H17F3N4O3S. The second-order valence-corrected chi connectivity index (χ2v) is 8.24. The molecule has 0 saturated heterocycles. The molecule has 2 amide bonds. The fourth-order valence-corrected chi connectivity index (χ4v) is 4.19. The lowest BCUT2D eigenvalue weighted by atomic mass is 9.92. The van der Waals surface area contributed by atoms with Crippen LogP contribution >= 0.6 is 11.8 Å². The Kier molecular flexibility index (Phi) is 6.23. The molecular weight excluding hydrogens is 457 g/mol. The first-order valence-electron chi connectivity index (χ1n) is 9.79. The van der Waals surface area contributed by atoms with Crippen molar-refractivity contribution in [2.24, 2.45) is 0 Å². The number of aromatic amines is 1. The van der Waals surface area contributed by atoms with Crippen LogP contribution in [-0.4, -0.2) is 21.8 Å². The summed E-state index contributed by atoms with van der Waals surface area (Å²) in [6.07, 6.45) is -4.91. The van der Waals surface area contributed by atoms with Crippen molar-refractivity contribution in [2.75, 3.05) is 10.6 Å². The fourth-order valence-electron chi connectivity index (χ4n) is 3.37. The Balaban J connectivity index is 1.57. The van der Waals surface area contributed by atoms with E-state index < -0.39 is 35.0 Å². The minimum atomic E-state index is -4.58. The number of benzene rings is 2. The quantitative estimate of drug-likeness (QED) is 0.381. The van der Waals surface area contributed by atoms with Crippen molar-refractivity contribution in [2.45, 2.75) is 29.4 Å². The van der Waals surface area contributed by atoms with Crippen LogP contribution in [0.1, 0.15) is 29.0 Å². The third-order valence-electron chi connectivity index (χ3n) is 4.92. The minimum Gasteiger partial charge on any atom is -0.326 e. The number of halogens is 3. The number of H-pyrrole nitrogens is 1. The minimum absolute atomic E-state index is 0.0326. The Morgan fingerprint density at radius 2 is 1.88 bits per heavy atom. The zero-order chi connectivity index (χ0) is 23.6. The van der Waals surface area contributed by atoms with Crippen LogP contribution in [0.5, 0.6) is 0 Å². The lowest BCUT2D eigenvalue weighted by Gasteiger charge is -2.23. The summed E-state index contributed by atoms with van der Waals surface area (Å²) in [6, 6.07) is 13.6. The Morgan fingerprint density at radius 3 is 2.61 bits per heavy atom. The number of hydrogen-bond donors (Lipinski definition) is 3. The van der Waals surface area contributed by atoms with Crippen molar-refractivity contribution >= 4 is 35.1 Å². The zero-order valence-electron chi connectivity index (χ0n) is 16.9. The van der Waals surface area contributed by atoms with E-state index in [4.69, 9.17) is 0 Å². The molecule has 33 heavy (non-hydrogen) atoms. The van der Waals surface area contributed by atoms with E-state index in [0.717, 1.165) is 23.8 Å². The van der Waals surface area contributed by atoms with Crippen molar-refractivity contribution < 1.29 is 22.8 Å². The molecule has 0 fully saturated rings. The first kappa shape index (κ1) is 22.6. The summed E-state index contributed by atoms with van der Waals surface area (Å²) in [6.45, 7) is 0. The maximum absolute atomic E-state index is 12.9. The largest absolute Gasteiger partial charge is 0.416 e. The van der Waals surface area contributed by atoms with Gasteiger partial charge in [-0.05, 0) is 23.8 Å². The van der Waals surface area contributed by atoms with Crippen molar-refractivity contribution in [1.82, 2.24) is 9.97 Å². The van der Waals surface area contributed by atoms with E-state index >= 15 is 0 Å². The number of carbonyl (C=O) groups excluding carboxylic acids is 2. The topological polar surface area (TPSA) is 104 Å². The second kappa shape index (κ2) is 9.10. The van der Waals surface area contributed by atoms with Crippen LogP contribution in [0.15, 0.2) is 64.5 Å². The molecule has 1 aliphatic rings. The molecule has 0 radical (unpaired) electrons. The molecule has 2 heterocycles. The van der Waals surface area contributed by atoms with Crippen LogP contribution in [0.25, 0.3) is 0 Å². The second-order valence-electron chi connectivity index (χ2n) is 7.28. The maximum Gasteiger partial charge on any atom is 0.416 e. The summed E-state index contributed by atoms with van der Waals surface area (Å²) < 4.78 is 38.8. The third-order valence-corrected chi connectivity index (χ3v) is 5.87. The van der Waals surface area contributed by atoms with Gasteiger partial charge in [-0.3, -0.25) is 14.4 Å². The molecule has 0 bridgehead atoms. The smallest absolute Gasteiger partial charge is 0.326 e. The molecule has 7 nitrogen and oxygen atoms in total. The van der Waals surface area contributed by atoms with Gasteiger partial charge in [0.1, 0.15) is 5.82 Å².